The van der Waals surface area contributed by atoms with Gasteiger partial charge >= 0.3 is 11.9 Å². The molecule has 0 aromatic heterocycles. The smallest absolute Gasteiger partial charge is 0.307 e. The number of carbonyl (C=O) groups excluding carboxylic acids is 2. The molecule has 0 saturated carbocycles. The van der Waals surface area contributed by atoms with Crippen molar-refractivity contribution in [3.05, 3.63) is 0 Å². The molecule has 21 N–H and O–H groups in total. The summed E-state index contributed by atoms with van der Waals surface area (Å²) in [5.41, 5.74) is 0. The van der Waals surface area contributed by atoms with Gasteiger partial charge < -0.3 is 183 Å². The molecule has 103 heavy (non-hydrogen) atoms. The fraction of sp³-hybridized carbons (Fsp3) is 0.933. The number of aliphatic carboxylic acids is 2. The summed E-state index contributed by atoms with van der Waals surface area (Å²) in [4.78, 5) is 48.8. The van der Waals surface area contributed by atoms with Gasteiger partial charge in [0.15, 0.2) is 44.0 Å². The predicted molar refractivity (Wildman–Crippen MR) is 333 cm³/mol. The molecular weight excluding hydrogens is 1440 g/mol. The Labute approximate surface area is 596 Å². The van der Waals surface area contributed by atoms with Crippen molar-refractivity contribution in [2.45, 2.75) is 254 Å². The lowest BCUT2D eigenvalue weighted by Crippen LogP contribution is -2.68. The molecule has 14 bridgehead atoms. The summed E-state index contributed by atoms with van der Waals surface area (Å²) in [6.45, 7) is -2.28. The van der Waals surface area contributed by atoms with Crippen molar-refractivity contribution in [1.82, 2.24) is 0 Å². The number of hydrogen-bond acceptors (Lipinski definition) is 41. The van der Waals surface area contributed by atoms with Gasteiger partial charge in [0.25, 0.3) is 0 Å². The van der Waals surface area contributed by atoms with E-state index in [-0.39, 0.29) is 68.7 Å². The molecule has 21 fully saturated rings. The second kappa shape index (κ2) is 40.0. The average Bonchev–Trinajstić information content (AvgIpc) is 0.785. The van der Waals surface area contributed by atoms with Gasteiger partial charge in [0.2, 0.25) is 0 Å². The third-order valence-electron chi connectivity index (χ3n) is 18.8. The lowest BCUT2D eigenvalue weighted by molar-refractivity contribution is -0.395. The van der Waals surface area contributed by atoms with E-state index in [1.54, 1.807) is 6.92 Å². The zero-order chi connectivity index (χ0) is 75.4. The SMILES string of the molecule is CCC(CSCC1O[C@H]2O[C@@H]3C(CO)O[C@H](O[C@@H]4C(CO)O[C@H](O[C@@H]5C(CO)O[C@@H](O[C@@H]6C(CSCC(CC(=O)CCOCCOCCC(C)=O)C(=O)O)O[C@H](O[C@@H]7C(CO)O[C@@H](O[C@@H]8C(CO)O[C@@H](O[C@H]1[C@H](O)C2O)C(O)[C@H]8O)C(O)[C@H]7O)C(O)[C@H]6O)C(O)[C@H]5O)C(O)[C@H]4O)C(O)[C@H]3O)C(=O)O. The highest BCUT2D eigenvalue weighted by molar-refractivity contribution is 7.99. The maximum Gasteiger partial charge on any atom is 0.307 e. The van der Waals surface area contributed by atoms with E-state index in [0.717, 1.165) is 23.5 Å². The minimum atomic E-state index is -2.31. The molecule has 21 saturated heterocycles. The third-order valence-corrected chi connectivity index (χ3v) is 21.2. The van der Waals surface area contributed by atoms with Crippen LogP contribution in [0.2, 0.25) is 0 Å². The number of carbonyl (C=O) groups is 4. The van der Waals surface area contributed by atoms with Gasteiger partial charge in [-0.1, -0.05) is 6.92 Å². The monoisotopic (exact) mass is 1540 g/mol. The van der Waals surface area contributed by atoms with E-state index in [0.29, 0.717) is 0 Å². The van der Waals surface area contributed by atoms with Crippen LogP contribution in [-0.4, -0.2) is 428 Å². The highest BCUT2D eigenvalue weighted by Crippen LogP contribution is 2.40. The molecule has 41 nitrogen and oxygen atoms in total. The maximum absolute atomic E-state index is 13.0. The number of hydrogen-bond donors (Lipinski definition) is 21. The zero-order valence-electron chi connectivity index (χ0n) is 55.8. The molecule has 0 spiro atoms. The van der Waals surface area contributed by atoms with Crippen molar-refractivity contribution >= 4 is 47.0 Å². The minimum absolute atomic E-state index is 0.0656. The second-order valence-corrected chi connectivity index (χ2v) is 28.2. The Kier molecular flexibility index (Phi) is 33.5. The van der Waals surface area contributed by atoms with Crippen LogP contribution in [0.4, 0.5) is 0 Å². The summed E-state index contributed by atoms with van der Waals surface area (Å²) in [7, 11) is 0. The summed E-state index contributed by atoms with van der Waals surface area (Å²) < 4.78 is 93.4. The molecular formula is C60H98O41S2. The van der Waals surface area contributed by atoms with Crippen molar-refractivity contribution in [3.8, 4) is 0 Å². The van der Waals surface area contributed by atoms with Crippen molar-refractivity contribution in [1.29, 1.82) is 0 Å². The minimum Gasteiger partial charge on any atom is -0.481 e. The van der Waals surface area contributed by atoms with E-state index in [1.807, 2.05) is 0 Å². The van der Waals surface area contributed by atoms with Crippen LogP contribution >= 0.6 is 23.5 Å². The first-order valence-corrected chi connectivity index (χ1v) is 35.8. The lowest BCUT2D eigenvalue weighted by Gasteiger charge is -2.50. The van der Waals surface area contributed by atoms with Gasteiger partial charge in [-0.2, -0.15) is 23.5 Å². The molecule has 21 aliphatic heterocycles. The Balaban J connectivity index is 1.08. The quantitative estimate of drug-likeness (QED) is 0.0340. The van der Waals surface area contributed by atoms with Crippen LogP contribution in [0.15, 0.2) is 0 Å². The number of aliphatic hydroxyl groups excluding tert-OH is 19. The van der Waals surface area contributed by atoms with Crippen LogP contribution in [0.5, 0.6) is 0 Å². The van der Waals surface area contributed by atoms with Crippen molar-refractivity contribution in [2.24, 2.45) is 11.8 Å². The molecule has 596 valence electrons. The standard InChI is InChI=1S/C60H98O41S2/c1-3-21(52(82)83)16-102-18-29-50-36(73)43(80)59(93-29)98-48-27(14-64)89-55(39(76)32(48)69)95-45-24(11-61)88-54(38(75)31(45)68)96-46-26(13-63)92-58(42(79)35(46)72)101-51-30(19-103-17-22(53(84)85)10-23(67)5-7-87-9-8-86-6-4-20(2)66)94-60(44(81)37(51)74)99-49-28(15-65)90-56(40(77)33(49)70)97-47-25(12-62)91-57(100-50)41(78)34(47)71/h21-22,24-51,54-65,68-81H,3-19H2,1-2H3,(H,82,83)(H,84,85)/t21?,22?,24?,25?,26?,27?,28?,29?,30?,31-,32-,33-,34-,35-,36-,37-,38?,39?,40?,41?,42?,43?,44?,45-,46-,47-,48-,49-,50-,51-,54-,55-,56+,57+,58+,59+,60-/m1/s1. The Morgan fingerprint density at radius 2 is 0.563 bits per heavy atom. The van der Waals surface area contributed by atoms with Gasteiger partial charge in [0.1, 0.15) is 170 Å². The zero-order valence-corrected chi connectivity index (χ0v) is 57.4. The molecule has 0 radical (unpaired) electrons. The summed E-state index contributed by atoms with van der Waals surface area (Å²) in [5.74, 6) is -6.75. The Hall–Kier alpha value is -2.42. The Morgan fingerprint density at radius 1 is 0.330 bits per heavy atom. The van der Waals surface area contributed by atoms with E-state index in [9.17, 15) is 126 Å². The van der Waals surface area contributed by atoms with E-state index in [2.05, 4.69) is 0 Å². The number of carboxylic acid groups (broad SMARTS) is 2. The lowest BCUT2D eigenvalue weighted by atomic mass is 9.95. The first-order valence-electron chi connectivity index (χ1n) is 33.5. The number of carboxylic acids is 2. The number of thioether (sulfide) groups is 2. The summed E-state index contributed by atoms with van der Waals surface area (Å²) in [6, 6.07) is 0. The van der Waals surface area contributed by atoms with Gasteiger partial charge in [-0.3, -0.25) is 19.2 Å². The fourth-order valence-corrected chi connectivity index (χ4v) is 15.2. The van der Waals surface area contributed by atoms with Crippen molar-refractivity contribution in [3.63, 3.8) is 0 Å². The van der Waals surface area contributed by atoms with Gasteiger partial charge in [0, 0.05) is 42.3 Å². The highest BCUT2D eigenvalue weighted by Gasteiger charge is 2.60. The van der Waals surface area contributed by atoms with Crippen LogP contribution in [0.25, 0.3) is 0 Å². The molecule has 43 heteroatoms. The summed E-state index contributed by atoms with van der Waals surface area (Å²) >= 11 is 1.73. The average molecular weight is 1540 g/mol. The van der Waals surface area contributed by atoms with Crippen LogP contribution < -0.4 is 0 Å². The van der Waals surface area contributed by atoms with Crippen LogP contribution in [-0.2, 0) is 95.0 Å². The molecule has 37 atom stereocenters. The van der Waals surface area contributed by atoms with E-state index < -0.39 is 290 Å². The topological polar surface area (TPSA) is 641 Å². The largest absolute Gasteiger partial charge is 0.481 e. The number of ether oxygens (including phenoxy) is 16. The molecule has 0 aromatic rings. The predicted octanol–water partition coefficient (Wildman–Crippen LogP) is -11.6. The first-order chi connectivity index (χ1) is 49.0. The van der Waals surface area contributed by atoms with Gasteiger partial charge in [0.05, 0.1) is 83.5 Å². The Bertz CT molecular complexity index is 2610. The third kappa shape index (κ3) is 21.0. The normalized spacial score (nSPS) is 44.9. The number of Topliss-reactive ketones (excluding diaryl/α,β-unsaturated/α-hetero) is 2. The molecule has 16 unspecified atom stereocenters. The molecule has 21 aliphatic rings. The highest BCUT2D eigenvalue weighted by atomic mass is 32.2. The van der Waals surface area contributed by atoms with Crippen molar-refractivity contribution < 1.29 is 202 Å². The second-order valence-electron chi connectivity index (χ2n) is 26.0. The van der Waals surface area contributed by atoms with E-state index in [1.165, 1.54) is 6.92 Å². The Morgan fingerprint density at radius 3 is 0.796 bits per heavy atom. The van der Waals surface area contributed by atoms with Crippen molar-refractivity contribution in [2.75, 3.05) is 82.5 Å². The maximum atomic E-state index is 13.0. The van der Waals surface area contributed by atoms with Crippen LogP contribution in [0.1, 0.15) is 39.5 Å². The number of ketones is 2. The van der Waals surface area contributed by atoms with Gasteiger partial charge in [-0.05, 0) is 13.3 Å². The number of rotatable bonds is 27. The molecule has 21 heterocycles. The van der Waals surface area contributed by atoms with Crippen LogP contribution in [0.3, 0.4) is 0 Å². The molecule has 0 aliphatic carbocycles. The molecule has 0 amide bonds. The summed E-state index contributed by atoms with van der Waals surface area (Å²) in [6.07, 6.45) is -72.7. The van der Waals surface area contributed by atoms with Gasteiger partial charge in [-0.25, -0.2) is 0 Å². The van der Waals surface area contributed by atoms with Crippen LogP contribution in [0, 0.1) is 11.8 Å². The number of aliphatic hydroxyl groups is 19. The van der Waals surface area contributed by atoms with Gasteiger partial charge in [-0.15, -0.1) is 0 Å². The first kappa shape index (κ1) is 86.2. The summed E-state index contributed by atoms with van der Waals surface area (Å²) in [5, 5.41) is 237. The molecule has 21 rings (SSSR count). The fourth-order valence-electron chi connectivity index (χ4n) is 12.7. The van der Waals surface area contributed by atoms with E-state index >= 15 is 0 Å². The van der Waals surface area contributed by atoms with E-state index in [4.69, 9.17) is 75.8 Å². The molecule has 0 aromatic carbocycles.